The number of nitrogens with one attached hydrogen (secondary N) is 1. The normalized spacial score (nSPS) is 27.8. The molecule has 5 rings (SSSR count). The van der Waals surface area contributed by atoms with Crippen LogP contribution in [0.15, 0.2) is 42.5 Å². The van der Waals surface area contributed by atoms with Gasteiger partial charge in [0.1, 0.15) is 11.6 Å². The van der Waals surface area contributed by atoms with Crippen LogP contribution < -0.4 is 11.1 Å². The van der Waals surface area contributed by atoms with Crippen molar-refractivity contribution in [3.8, 4) is 0 Å². The van der Waals surface area contributed by atoms with E-state index >= 15 is 0 Å². The highest BCUT2D eigenvalue weighted by Gasteiger charge is 2.57. The molecule has 0 aromatic heterocycles. The first-order chi connectivity index (χ1) is 16.9. The van der Waals surface area contributed by atoms with Crippen molar-refractivity contribution in [1.82, 2.24) is 5.32 Å². The Hall–Kier alpha value is -1.90. The maximum atomic E-state index is 13.8. The van der Waals surface area contributed by atoms with Crippen LogP contribution in [-0.2, 0) is 20.4 Å². The zero-order chi connectivity index (χ0) is 25.8. The smallest absolute Gasteiger partial charge is 0.168 e. The van der Waals surface area contributed by atoms with Crippen LogP contribution in [0.25, 0.3) is 0 Å². The molecule has 0 amide bonds. The number of hydrogen-bond donors (Lipinski definition) is 3. The number of aliphatic hydroxyl groups is 1. The van der Waals surface area contributed by atoms with Crippen molar-refractivity contribution in [1.29, 1.82) is 0 Å². The second-order valence-electron chi connectivity index (χ2n) is 12.0. The summed E-state index contributed by atoms with van der Waals surface area (Å²) in [6.07, 6.45) is 2.72. The molecule has 3 aliphatic rings. The van der Waals surface area contributed by atoms with E-state index in [2.05, 4.69) is 50.4 Å². The monoisotopic (exact) mass is 500 g/mol. The summed E-state index contributed by atoms with van der Waals surface area (Å²) in [6, 6.07) is 12.1. The number of aliphatic hydroxyl groups excluding tert-OH is 1. The Bertz CT molecular complexity index is 1080. The van der Waals surface area contributed by atoms with Crippen molar-refractivity contribution in [3.63, 3.8) is 0 Å². The van der Waals surface area contributed by atoms with Gasteiger partial charge < -0.3 is 25.6 Å². The summed E-state index contributed by atoms with van der Waals surface area (Å²) in [6.45, 7) is 8.12. The third-order valence-electron chi connectivity index (χ3n) is 8.55. The van der Waals surface area contributed by atoms with Crippen LogP contribution >= 0.6 is 0 Å². The van der Waals surface area contributed by atoms with E-state index < -0.39 is 29.1 Å². The third kappa shape index (κ3) is 4.84. The summed E-state index contributed by atoms with van der Waals surface area (Å²) in [5, 5.41) is 14.9. The molecule has 3 atom stereocenters. The molecule has 4 N–H and O–H groups in total. The van der Waals surface area contributed by atoms with Gasteiger partial charge in [-0.2, -0.15) is 0 Å². The SMILES string of the molecule is CC(C)(C)c1cccc(C2(NC[C@@H](O)[C@]3(N)CC3c3cc(F)cc(F)c3)CCC3(CC2)OCCO3)c1. The highest BCUT2D eigenvalue weighted by molar-refractivity contribution is 5.36. The Labute approximate surface area is 212 Å². The molecule has 1 aliphatic heterocycles. The fourth-order valence-corrected chi connectivity index (χ4v) is 6.04. The quantitative estimate of drug-likeness (QED) is 0.540. The molecule has 196 valence electrons. The van der Waals surface area contributed by atoms with E-state index in [1.54, 1.807) is 0 Å². The molecule has 36 heavy (non-hydrogen) atoms. The van der Waals surface area contributed by atoms with Gasteiger partial charge in [-0.25, -0.2) is 8.78 Å². The molecule has 2 aliphatic carbocycles. The molecular formula is C29H38F2N2O3. The molecule has 2 aromatic carbocycles. The Morgan fingerprint density at radius 3 is 2.28 bits per heavy atom. The lowest BCUT2D eigenvalue weighted by molar-refractivity contribution is -0.187. The first-order valence-corrected chi connectivity index (χ1v) is 13.0. The van der Waals surface area contributed by atoms with Crippen LogP contribution in [0.1, 0.15) is 75.5 Å². The molecular weight excluding hydrogens is 462 g/mol. The standard InChI is InChI=1S/C29H38F2N2O3/c1-26(2,3)20-5-4-6-21(15-20)27(7-9-28(10-8-27)35-11-12-36-28)33-18-25(34)29(32)17-24(29)19-13-22(30)16-23(31)14-19/h4-6,13-16,24-25,33-34H,7-12,17-18,32H2,1-3H3/t24?,25-,29+/m1/s1. The van der Waals surface area contributed by atoms with E-state index in [0.717, 1.165) is 31.7 Å². The van der Waals surface area contributed by atoms with Gasteiger partial charge in [-0.05, 0) is 53.5 Å². The molecule has 1 heterocycles. The lowest BCUT2D eigenvalue weighted by Gasteiger charge is -2.45. The van der Waals surface area contributed by atoms with Gasteiger partial charge >= 0.3 is 0 Å². The molecule has 0 bridgehead atoms. The highest BCUT2D eigenvalue weighted by Crippen LogP contribution is 2.52. The minimum atomic E-state index is -0.921. The predicted molar refractivity (Wildman–Crippen MR) is 135 cm³/mol. The molecule has 1 spiro atoms. The van der Waals surface area contributed by atoms with Crippen molar-refractivity contribution < 1.29 is 23.4 Å². The molecule has 5 nitrogen and oxygen atoms in total. The largest absolute Gasteiger partial charge is 0.390 e. The topological polar surface area (TPSA) is 76.7 Å². The van der Waals surface area contributed by atoms with E-state index in [0.29, 0.717) is 25.2 Å². The highest BCUT2D eigenvalue weighted by atomic mass is 19.1. The number of halogens is 2. The second kappa shape index (κ2) is 9.14. The van der Waals surface area contributed by atoms with Crippen molar-refractivity contribution in [3.05, 3.63) is 70.8 Å². The van der Waals surface area contributed by atoms with Crippen molar-refractivity contribution in [2.24, 2.45) is 5.73 Å². The average molecular weight is 501 g/mol. The first-order valence-electron chi connectivity index (χ1n) is 13.0. The van der Waals surface area contributed by atoms with Crippen molar-refractivity contribution >= 4 is 0 Å². The molecule has 2 aromatic rings. The number of hydrogen-bond acceptors (Lipinski definition) is 5. The Morgan fingerprint density at radius 2 is 1.67 bits per heavy atom. The van der Waals surface area contributed by atoms with E-state index in [9.17, 15) is 13.9 Å². The maximum Gasteiger partial charge on any atom is 0.168 e. The van der Waals surface area contributed by atoms with Crippen molar-refractivity contribution in [2.75, 3.05) is 19.8 Å². The van der Waals surface area contributed by atoms with E-state index in [1.165, 1.54) is 23.3 Å². The molecule has 0 radical (unpaired) electrons. The number of ether oxygens (including phenoxy) is 2. The van der Waals surface area contributed by atoms with Gasteiger partial charge in [-0.1, -0.05) is 45.0 Å². The summed E-state index contributed by atoms with van der Waals surface area (Å²) < 4.78 is 39.5. The van der Waals surface area contributed by atoms with E-state index in [4.69, 9.17) is 15.2 Å². The first kappa shape index (κ1) is 25.7. The van der Waals surface area contributed by atoms with Crippen molar-refractivity contribution in [2.45, 2.75) is 87.2 Å². The molecule has 1 unspecified atom stereocenters. The summed E-state index contributed by atoms with van der Waals surface area (Å²) in [7, 11) is 0. The minimum absolute atomic E-state index is 0.00700. The minimum Gasteiger partial charge on any atom is -0.390 e. The Balaban J connectivity index is 1.36. The summed E-state index contributed by atoms with van der Waals surface area (Å²) in [5.74, 6) is -2.05. The van der Waals surface area contributed by atoms with Gasteiger partial charge in [-0.15, -0.1) is 0 Å². The maximum absolute atomic E-state index is 13.8. The number of nitrogens with two attached hydrogens (primary N) is 1. The van der Waals surface area contributed by atoms with Crippen LogP contribution in [0.2, 0.25) is 0 Å². The fraction of sp³-hybridized carbons (Fsp3) is 0.586. The lowest BCUT2D eigenvalue weighted by Crippen LogP contribution is -2.54. The van der Waals surface area contributed by atoms with E-state index in [1.807, 2.05) is 0 Å². The lowest BCUT2D eigenvalue weighted by atomic mass is 9.72. The van der Waals surface area contributed by atoms with Crippen LogP contribution in [0.4, 0.5) is 8.78 Å². The fourth-order valence-electron chi connectivity index (χ4n) is 6.04. The Morgan fingerprint density at radius 1 is 1.03 bits per heavy atom. The Kier molecular flexibility index (Phi) is 6.53. The van der Waals surface area contributed by atoms with Gasteiger partial charge in [0.25, 0.3) is 0 Å². The molecule has 1 saturated heterocycles. The van der Waals surface area contributed by atoms with Gasteiger partial charge in [0.05, 0.1) is 24.9 Å². The summed E-state index contributed by atoms with van der Waals surface area (Å²) >= 11 is 0. The van der Waals surface area contributed by atoms with Gasteiger partial charge in [0.15, 0.2) is 5.79 Å². The predicted octanol–water partition coefficient (Wildman–Crippen LogP) is 4.61. The number of benzene rings is 2. The summed E-state index contributed by atoms with van der Waals surface area (Å²) in [5.41, 5.74) is 8.21. The molecule has 3 fully saturated rings. The number of rotatable bonds is 6. The van der Waals surface area contributed by atoms with Crippen LogP contribution in [-0.4, -0.2) is 42.3 Å². The average Bonchev–Trinajstić information content (AvgIpc) is 3.33. The zero-order valence-electron chi connectivity index (χ0n) is 21.4. The van der Waals surface area contributed by atoms with Crippen LogP contribution in [0, 0.1) is 11.6 Å². The summed E-state index contributed by atoms with van der Waals surface area (Å²) in [4.78, 5) is 0. The molecule has 2 saturated carbocycles. The molecule has 7 heteroatoms. The van der Waals surface area contributed by atoms with Gasteiger partial charge in [0.2, 0.25) is 0 Å². The third-order valence-corrected chi connectivity index (χ3v) is 8.55. The van der Waals surface area contributed by atoms with Crippen LogP contribution in [0.5, 0.6) is 0 Å². The van der Waals surface area contributed by atoms with Gasteiger partial charge in [-0.3, -0.25) is 0 Å². The van der Waals surface area contributed by atoms with Gasteiger partial charge in [0, 0.05) is 36.9 Å². The zero-order valence-corrected chi connectivity index (χ0v) is 21.4. The second-order valence-corrected chi connectivity index (χ2v) is 12.0. The van der Waals surface area contributed by atoms with E-state index in [-0.39, 0.29) is 23.4 Å². The van der Waals surface area contributed by atoms with Crippen LogP contribution in [0.3, 0.4) is 0 Å².